The Morgan fingerprint density at radius 1 is 1.32 bits per heavy atom. The molecule has 0 aromatic heterocycles. The normalized spacial score (nSPS) is 14.9. The number of rotatable bonds is 7. The highest BCUT2D eigenvalue weighted by molar-refractivity contribution is 9.10. The van der Waals surface area contributed by atoms with E-state index in [1.807, 2.05) is 12.1 Å². The summed E-state index contributed by atoms with van der Waals surface area (Å²) in [5, 5.41) is 3.49. The third kappa shape index (κ3) is 3.98. The lowest BCUT2D eigenvalue weighted by molar-refractivity contribution is 0.389. The average molecular weight is 326 g/mol. The fraction of sp³-hybridized carbons (Fsp3) is 0.467. The molecule has 19 heavy (non-hydrogen) atoms. The standard InChI is InChI=1S/C15H20BrNO2/c1-18-13-9-6-11(15(19-2)14(13)16)5-3-4-10-17-12-7-8-12/h3,5-6,9,12,17H,4,7-8,10H2,1-2H3/b5-3+. The summed E-state index contributed by atoms with van der Waals surface area (Å²) >= 11 is 3.51. The fourth-order valence-electron chi connectivity index (χ4n) is 1.92. The Morgan fingerprint density at radius 2 is 2.11 bits per heavy atom. The van der Waals surface area contributed by atoms with Crippen LogP contribution in [0.25, 0.3) is 6.08 Å². The van der Waals surface area contributed by atoms with Crippen molar-refractivity contribution in [1.29, 1.82) is 0 Å². The van der Waals surface area contributed by atoms with E-state index in [0.29, 0.717) is 0 Å². The molecule has 0 heterocycles. The first kappa shape index (κ1) is 14.4. The lowest BCUT2D eigenvalue weighted by atomic mass is 10.1. The maximum atomic E-state index is 5.43. The first-order valence-corrected chi connectivity index (χ1v) is 7.36. The number of benzene rings is 1. The Balaban J connectivity index is 1.97. The SMILES string of the molecule is COc1ccc(/C=C/CCNC2CC2)c(OC)c1Br. The van der Waals surface area contributed by atoms with Gasteiger partial charge in [-0.05, 0) is 53.9 Å². The monoisotopic (exact) mass is 325 g/mol. The van der Waals surface area contributed by atoms with Crippen LogP contribution in [0.4, 0.5) is 0 Å². The Labute approximate surface area is 123 Å². The molecule has 0 atom stereocenters. The van der Waals surface area contributed by atoms with E-state index >= 15 is 0 Å². The van der Waals surface area contributed by atoms with Gasteiger partial charge in [-0.25, -0.2) is 0 Å². The van der Waals surface area contributed by atoms with E-state index in [1.165, 1.54) is 12.8 Å². The zero-order valence-corrected chi connectivity index (χ0v) is 13.0. The van der Waals surface area contributed by atoms with Crippen LogP contribution < -0.4 is 14.8 Å². The highest BCUT2D eigenvalue weighted by Crippen LogP contribution is 2.37. The molecular formula is C15H20BrNO2. The molecule has 104 valence electrons. The summed E-state index contributed by atoms with van der Waals surface area (Å²) in [5.41, 5.74) is 1.06. The van der Waals surface area contributed by atoms with E-state index in [1.54, 1.807) is 14.2 Å². The quantitative estimate of drug-likeness (QED) is 0.776. The number of hydrogen-bond acceptors (Lipinski definition) is 3. The molecule has 0 radical (unpaired) electrons. The molecule has 0 spiro atoms. The largest absolute Gasteiger partial charge is 0.495 e. The molecule has 1 N–H and O–H groups in total. The molecule has 2 rings (SSSR count). The number of halogens is 1. The van der Waals surface area contributed by atoms with Crippen LogP contribution in [0.3, 0.4) is 0 Å². The van der Waals surface area contributed by atoms with Crippen LogP contribution in [0.2, 0.25) is 0 Å². The van der Waals surface area contributed by atoms with Gasteiger partial charge in [0.25, 0.3) is 0 Å². The van der Waals surface area contributed by atoms with Crippen molar-refractivity contribution in [3.05, 3.63) is 28.2 Å². The second kappa shape index (κ2) is 6.96. The number of ether oxygens (including phenoxy) is 2. The van der Waals surface area contributed by atoms with Crippen LogP contribution in [0, 0.1) is 0 Å². The molecule has 0 bridgehead atoms. The van der Waals surface area contributed by atoms with Gasteiger partial charge in [-0.1, -0.05) is 12.2 Å². The van der Waals surface area contributed by atoms with Gasteiger partial charge in [0.15, 0.2) is 0 Å². The van der Waals surface area contributed by atoms with E-state index in [9.17, 15) is 0 Å². The van der Waals surface area contributed by atoms with Gasteiger partial charge >= 0.3 is 0 Å². The second-order valence-corrected chi connectivity index (χ2v) is 5.42. The van der Waals surface area contributed by atoms with Gasteiger partial charge in [-0.3, -0.25) is 0 Å². The van der Waals surface area contributed by atoms with Gasteiger partial charge in [-0.15, -0.1) is 0 Å². The van der Waals surface area contributed by atoms with Crippen molar-refractivity contribution in [2.75, 3.05) is 20.8 Å². The zero-order valence-electron chi connectivity index (χ0n) is 11.4. The van der Waals surface area contributed by atoms with E-state index in [-0.39, 0.29) is 0 Å². The summed E-state index contributed by atoms with van der Waals surface area (Å²) in [7, 11) is 3.32. The van der Waals surface area contributed by atoms with Gasteiger partial charge in [0.05, 0.1) is 14.2 Å². The maximum absolute atomic E-state index is 5.43. The zero-order chi connectivity index (χ0) is 13.7. The van der Waals surface area contributed by atoms with E-state index in [2.05, 4.69) is 33.4 Å². The van der Waals surface area contributed by atoms with Crippen molar-refractivity contribution < 1.29 is 9.47 Å². The highest BCUT2D eigenvalue weighted by atomic mass is 79.9. The Morgan fingerprint density at radius 3 is 2.74 bits per heavy atom. The van der Waals surface area contributed by atoms with Crippen molar-refractivity contribution in [3.63, 3.8) is 0 Å². The average Bonchev–Trinajstić information content (AvgIpc) is 3.23. The van der Waals surface area contributed by atoms with Crippen LogP contribution in [0.1, 0.15) is 24.8 Å². The maximum Gasteiger partial charge on any atom is 0.144 e. The molecule has 4 heteroatoms. The lowest BCUT2D eigenvalue weighted by Gasteiger charge is -2.11. The molecule has 3 nitrogen and oxygen atoms in total. The lowest BCUT2D eigenvalue weighted by Crippen LogP contribution is -2.16. The molecule has 1 aromatic rings. The summed E-state index contributed by atoms with van der Waals surface area (Å²) in [6.45, 7) is 1.04. The van der Waals surface area contributed by atoms with Gasteiger partial charge in [0.1, 0.15) is 16.0 Å². The molecular weight excluding hydrogens is 306 g/mol. The first-order chi connectivity index (χ1) is 9.26. The minimum atomic E-state index is 0.776. The van der Waals surface area contributed by atoms with Gasteiger partial charge in [0, 0.05) is 11.6 Å². The number of methoxy groups -OCH3 is 2. The number of hydrogen-bond donors (Lipinski definition) is 1. The third-order valence-corrected chi connectivity index (χ3v) is 3.89. The van der Waals surface area contributed by atoms with Crippen LogP contribution in [0.5, 0.6) is 11.5 Å². The van der Waals surface area contributed by atoms with Crippen molar-refractivity contribution in [1.82, 2.24) is 5.32 Å². The molecule has 1 aliphatic rings. The van der Waals surface area contributed by atoms with Crippen molar-refractivity contribution in [2.24, 2.45) is 0 Å². The van der Waals surface area contributed by atoms with E-state index in [0.717, 1.165) is 40.5 Å². The number of nitrogens with one attached hydrogen (secondary N) is 1. The molecule has 0 saturated heterocycles. The molecule has 0 amide bonds. The molecule has 0 unspecified atom stereocenters. The molecule has 1 saturated carbocycles. The topological polar surface area (TPSA) is 30.5 Å². The predicted molar refractivity (Wildman–Crippen MR) is 81.9 cm³/mol. The molecule has 1 fully saturated rings. The van der Waals surface area contributed by atoms with E-state index < -0.39 is 0 Å². The van der Waals surface area contributed by atoms with Gasteiger partial charge in [-0.2, -0.15) is 0 Å². The summed E-state index contributed by atoms with van der Waals surface area (Å²) in [6.07, 6.45) is 7.97. The van der Waals surface area contributed by atoms with Crippen LogP contribution in [-0.4, -0.2) is 26.8 Å². The van der Waals surface area contributed by atoms with E-state index in [4.69, 9.17) is 9.47 Å². The highest BCUT2D eigenvalue weighted by Gasteiger charge is 2.19. The Kier molecular flexibility index (Phi) is 5.28. The van der Waals surface area contributed by atoms with Gasteiger partial charge in [0.2, 0.25) is 0 Å². The summed E-state index contributed by atoms with van der Waals surface area (Å²) in [5.74, 6) is 1.59. The van der Waals surface area contributed by atoms with Crippen molar-refractivity contribution >= 4 is 22.0 Å². The smallest absolute Gasteiger partial charge is 0.144 e. The second-order valence-electron chi connectivity index (χ2n) is 4.62. The Bertz CT molecular complexity index is 456. The van der Waals surface area contributed by atoms with Crippen LogP contribution in [0.15, 0.2) is 22.7 Å². The van der Waals surface area contributed by atoms with Crippen LogP contribution >= 0.6 is 15.9 Å². The fourth-order valence-corrected chi connectivity index (χ4v) is 2.60. The Hall–Kier alpha value is -1.00. The third-order valence-electron chi connectivity index (χ3n) is 3.13. The minimum Gasteiger partial charge on any atom is -0.495 e. The van der Waals surface area contributed by atoms with Crippen LogP contribution in [-0.2, 0) is 0 Å². The van der Waals surface area contributed by atoms with Crippen molar-refractivity contribution in [3.8, 4) is 11.5 Å². The summed E-state index contributed by atoms with van der Waals surface area (Å²) in [4.78, 5) is 0. The first-order valence-electron chi connectivity index (χ1n) is 6.56. The summed E-state index contributed by atoms with van der Waals surface area (Å²) < 4.78 is 11.5. The van der Waals surface area contributed by atoms with Crippen molar-refractivity contribution in [2.45, 2.75) is 25.3 Å². The minimum absolute atomic E-state index is 0.776. The molecule has 0 aliphatic heterocycles. The summed E-state index contributed by atoms with van der Waals surface area (Å²) in [6, 6.07) is 4.72. The predicted octanol–water partition coefficient (Wildman–Crippen LogP) is 3.62. The molecule has 1 aliphatic carbocycles. The van der Waals surface area contributed by atoms with Gasteiger partial charge < -0.3 is 14.8 Å². The molecule has 1 aromatic carbocycles.